The summed E-state index contributed by atoms with van der Waals surface area (Å²) in [6.45, 7) is 1.46. The molecule has 0 radical (unpaired) electrons. The number of aromatic hydroxyl groups is 2. The number of ether oxygens (including phenoxy) is 1. The zero-order valence-corrected chi connectivity index (χ0v) is 16.8. The van der Waals surface area contributed by atoms with Crippen LogP contribution in [0.5, 0.6) is 17.2 Å². The Morgan fingerprint density at radius 3 is 2.84 bits per heavy atom. The Labute approximate surface area is 178 Å². The number of carbonyl (C=O) groups is 2. The van der Waals surface area contributed by atoms with Gasteiger partial charge in [0, 0.05) is 55.1 Å². The van der Waals surface area contributed by atoms with Gasteiger partial charge in [0.2, 0.25) is 0 Å². The van der Waals surface area contributed by atoms with Crippen molar-refractivity contribution in [2.24, 2.45) is 5.73 Å². The van der Waals surface area contributed by atoms with E-state index < -0.39 is 5.91 Å². The highest BCUT2D eigenvalue weighted by atomic mass is 16.5. The lowest BCUT2D eigenvalue weighted by Crippen LogP contribution is -2.53. The maximum absolute atomic E-state index is 12.7. The van der Waals surface area contributed by atoms with Crippen LogP contribution in [0.1, 0.15) is 22.3 Å². The third-order valence-corrected chi connectivity index (χ3v) is 5.26. The Kier molecular flexibility index (Phi) is 5.83. The second kappa shape index (κ2) is 8.70. The van der Waals surface area contributed by atoms with Gasteiger partial charge in [-0.15, -0.1) is 0 Å². The number of nitrogens with one attached hydrogen (secondary N) is 4. The van der Waals surface area contributed by atoms with Crippen molar-refractivity contribution >= 4 is 23.2 Å². The molecule has 0 aliphatic carbocycles. The number of anilines is 2. The van der Waals surface area contributed by atoms with Crippen LogP contribution in [0, 0.1) is 0 Å². The number of carbonyl (C=O) groups excluding carboxylic acids is 2. The van der Waals surface area contributed by atoms with Crippen LogP contribution < -0.4 is 31.7 Å². The van der Waals surface area contributed by atoms with E-state index in [2.05, 4.69) is 21.3 Å². The van der Waals surface area contributed by atoms with Gasteiger partial charge in [-0.2, -0.15) is 0 Å². The zero-order chi connectivity index (χ0) is 22.0. The Morgan fingerprint density at radius 2 is 2.03 bits per heavy atom. The molecule has 8 N–H and O–H groups in total. The molecule has 2 aromatic rings. The van der Waals surface area contributed by atoms with E-state index in [1.54, 1.807) is 18.2 Å². The third kappa shape index (κ3) is 4.81. The molecule has 1 saturated heterocycles. The first-order valence-corrected chi connectivity index (χ1v) is 10.0. The molecule has 2 amide bonds. The molecule has 0 spiro atoms. The van der Waals surface area contributed by atoms with E-state index >= 15 is 0 Å². The minimum atomic E-state index is -0.433. The molecule has 164 valence electrons. The van der Waals surface area contributed by atoms with Crippen molar-refractivity contribution in [3.05, 3.63) is 41.5 Å². The number of piperidine rings is 1. The van der Waals surface area contributed by atoms with Crippen molar-refractivity contribution < 1.29 is 24.5 Å². The Bertz CT molecular complexity index is 1010. The van der Waals surface area contributed by atoms with Crippen LogP contribution >= 0.6 is 0 Å². The topological polar surface area (TPSA) is 158 Å². The minimum Gasteiger partial charge on any atom is -0.507 e. The molecule has 0 aromatic heterocycles. The lowest BCUT2D eigenvalue weighted by molar-refractivity contribution is -0.118. The minimum absolute atomic E-state index is 0.0406. The van der Waals surface area contributed by atoms with Gasteiger partial charge in [-0.3, -0.25) is 9.59 Å². The molecule has 10 heteroatoms. The molecular weight excluding hydrogens is 402 g/mol. The van der Waals surface area contributed by atoms with Gasteiger partial charge in [-0.1, -0.05) is 0 Å². The van der Waals surface area contributed by atoms with Crippen LogP contribution in [0.25, 0.3) is 0 Å². The second-order valence-electron chi connectivity index (χ2n) is 7.72. The maximum atomic E-state index is 12.7. The van der Waals surface area contributed by atoms with Gasteiger partial charge in [0.05, 0.1) is 11.3 Å². The highest BCUT2D eigenvalue weighted by Gasteiger charge is 2.23. The number of nitrogens with two attached hydrogens (primary N) is 1. The molecule has 0 bridgehead atoms. The van der Waals surface area contributed by atoms with Gasteiger partial charge < -0.3 is 42.0 Å². The molecule has 2 aliphatic rings. The summed E-state index contributed by atoms with van der Waals surface area (Å²) in [5.41, 5.74) is 7.73. The predicted octanol–water partition coefficient (Wildman–Crippen LogP) is 0.460. The average molecular weight is 427 g/mol. The largest absolute Gasteiger partial charge is 0.507 e. The van der Waals surface area contributed by atoms with Gasteiger partial charge in [-0.05, 0) is 24.6 Å². The average Bonchev–Trinajstić information content (AvgIpc) is 2.73. The summed E-state index contributed by atoms with van der Waals surface area (Å²) in [5.74, 6) is -0.537. The second-order valence-corrected chi connectivity index (χ2v) is 7.72. The van der Waals surface area contributed by atoms with Crippen molar-refractivity contribution in [2.45, 2.75) is 25.0 Å². The van der Waals surface area contributed by atoms with E-state index in [0.29, 0.717) is 42.2 Å². The fourth-order valence-corrected chi connectivity index (χ4v) is 3.68. The highest BCUT2D eigenvalue weighted by molar-refractivity contribution is 5.97. The van der Waals surface area contributed by atoms with Gasteiger partial charge in [0.25, 0.3) is 11.8 Å². The van der Waals surface area contributed by atoms with Crippen molar-refractivity contribution in [3.63, 3.8) is 0 Å². The predicted molar refractivity (Wildman–Crippen MR) is 114 cm³/mol. The van der Waals surface area contributed by atoms with Crippen molar-refractivity contribution in [3.8, 4) is 17.2 Å². The molecule has 31 heavy (non-hydrogen) atoms. The van der Waals surface area contributed by atoms with Gasteiger partial charge in [-0.25, -0.2) is 0 Å². The van der Waals surface area contributed by atoms with E-state index in [4.69, 9.17) is 10.5 Å². The molecule has 10 nitrogen and oxygen atoms in total. The molecule has 2 atom stereocenters. The molecular formula is C21H25N5O5. The third-order valence-electron chi connectivity index (χ3n) is 5.26. The van der Waals surface area contributed by atoms with Crippen LogP contribution in [-0.2, 0) is 11.3 Å². The molecule has 2 aromatic carbocycles. The lowest BCUT2D eigenvalue weighted by atomic mass is 10.0. The smallest absolute Gasteiger partial charge is 0.262 e. The zero-order valence-electron chi connectivity index (χ0n) is 16.8. The van der Waals surface area contributed by atoms with Crippen molar-refractivity contribution in [1.82, 2.24) is 10.6 Å². The van der Waals surface area contributed by atoms with E-state index in [-0.39, 0.29) is 48.2 Å². The molecule has 0 saturated carbocycles. The summed E-state index contributed by atoms with van der Waals surface area (Å²) in [4.78, 5) is 24.0. The number of rotatable bonds is 5. The quantitative estimate of drug-likeness (QED) is 0.363. The Balaban J connectivity index is 1.45. The molecule has 1 fully saturated rings. The first kappa shape index (κ1) is 20.8. The fraction of sp³-hybridized carbons (Fsp3) is 0.333. The van der Waals surface area contributed by atoms with E-state index in [0.717, 1.165) is 6.07 Å². The molecule has 4 rings (SSSR count). The number of hydrogen-bond acceptors (Lipinski definition) is 8. The van der Waals surface area contributed by atoms with Crippen molar-refractivity contribution in [1.29, 1.82) is 0 Å². The summed E-state index contributed by atoms with van der Waals surface area (Å²) >= 11 is 0. The van der Waals surface area contributed by atoms with Crippen LogP contribution in [-0.4, -0.2) is 53.8 Å². The van der Waals surface area contributed by atoms with E-state index in [1.165, 1.54) is 6.07 Å². The highest BCUT2D eigenvalue weighted by Crippen LogP contribution is 2.32. The lowest BCUT2D eigenvalue weighted by Gasteiger charge is -2.28. The number of phenols is 2. The van der Waals surface area contributed by atoms with Gasteiger partial charge >= 0.3 is 0 Å². The normalized spacial score (nSPS) is 20.2. The monoisotopic (exact) mass is 427 g/mol. The SMILES string of the molecule is NC1CNCC(NC(=O)c2cc(CNc3ccc4c(c3)OCC(=O)N4)c(O)cc2O)C1. The number of benzene rings is 2. The summed E-state index contributed by atoms with van der Waals surface area (Å²) < 4.78 is 5.40. The first-order chi connectivity index (χ1) is 14.9. The first-order valence-electron chi connectivity index (χ1n) is 10.0. The van der Waals surface area contributed by atoms with Gasteiger partial charge in [0.1, 0.15) is 17.2 Å². The van der Waals surface area contributed by atoms with Crippen LogP contribution in [0.3, 0.4) is 0 Å². The number of fused-ring (bicyclic) bond motifs is 1. The standard InChI is InChI=1S/C21H25N5O5/c22-12-4-14(9-23-8-12)25-21(30)15-3-11(17(27)6-18(15)28)7-24-13-1-2-16-19(5-13)31-10-20(29)26-16/h1-3,5-6,12,14,23-24,27-28H,4,7-10,22H2,(H,25,30)(H,26,29). The number of hydrogen-bond donors (Lipinski definition) is 7. The summed E-state index contributed by atoms with van der Waals surface area (Å²) in [5, 5.41) is 32.3. The number of phenolic OH excluding ortho intramolecular Hbond substituents is 2. The fourth-order valence-electron chi connectivity index (χ4n) is 3.68. The Hall–Kier alpha value is -3.50. The number of amides is 2. The van der Waals surface area contributed by atoms with Crippen LogP contribution in [0.4, 0.5) is 11.4 Å². The summed E-state index contributed by atoms with van der Waals surface area (Å²) in [6, 6.07) is 7.65. The summed E-state index contributed by atoms with van der Waals surface area (Å²) in [6.07, 6.45) is 0.646. The Morgan fingerprint density at radius 1 is 1.19 bits per heavy atom. The molecule has 2 unspecified atom stereocenters. The van der Waals surface area contributed by atoms with Crippen LogP contribution in [0.15, 0.2) is 30.3 Å². The molecule has 2 aliphatic heterocycles. The van der Waals surface area contributed by atoms with E-state index in [9.17, 15) is 19.8 Å². The summed E-state index contributed by atoms with van der Waals surface area (Å²) in [7, 11) is 0. The van der Waals surface area contributed by atoms with Crippen molar-refractivity contribution in [2.75, 3.05) is 30.3 Å². The maximum Gasteiger partial charge on any atom is 0.262 e. The van der Waals surface area contributed by atoms with Crippen LogP contribution in [0.2, 0.25) is 0 Å². The van der Waals surface area contributed by atoms with E-state index in [1.807, 2.05) is 0 Å². The van der Waals surface area contributed by atoms with Gasteiger partial charge in [0.15, 0.2) is 6.61 Å². The molecule has 2 heterocycles.